The molecule has 0 aliphatic carbocycles. The molecule has 0 aromatic rings. The lowest BCUT2D eigenvalue weighted by atomic mass is 10.00. The summed E-state index contributed by atoms with van der Waals surface area (Å²) in [6, 6.07) is -1.02. The first-order valence-corrected chi connectivity index (χ1v) is 5.82. The van der Waals surface area contributed by atoms with Gasteiger partial charge in [0.2, 0.25) is 12.3 Å². The average Bonchev–Trinajstić information content (AvgIpc) is 2.83. The van der Waals surface area contributed by atoms with Gasteiger partial charge < -0.3 is 15.1 Å². The Hall–Kier alpha value is -1.57. The van der Waals surface area contributed by atoms with Gasteiger partial charge >= 0.3 is 5.97 Å². The van der Waals surface area contributed by atoms with Crippen LogP contribution in [0.2, 0.25) is 0 Å². The molecule has 108 valence electrons. The van der Waals surface area contributed by atoms with Crippen LogP contribution in [0.3, 0.4) is 0 Å². The Morgan fingerprint density at radius 3 is 2.42 bits per heavy atom. The lowest BCUT2D eigenvalue weighted by molar-refractivity contribution is -0.150. The van der Waals surface area contributed by atoms with Crippen LogP contribution in [0.5, 0.6) is 0 Å². The van der Waals surface area contributed by atoms with Crippen molar-refractivity contribution in [1.29, 1.82) is 0 Å². The summed E-state index contributed by atoms with van der Waals surface area (Å²) in [6.07, 6.45) is -3.08. The standard InChI is InChI=1S/C11H15F2NO5/c12-10(13)6(8(16)5-15)4-9(17)14-3-1-2-7(14)11(18)19/h6-7,10,15H,1-5H2,(H,18,19)/t6?,7-/m0/s1. The highest BCUT2D eigenvalue weighted by Gasteiger charge is 2.37. The maximum absolute atomic E-state index is 12.6. The number of hydrogen-bond acceptors (Lipinski definition) is 4. The number of rotatable bonds is 6. The molecule has 0 aromatic carbocycles. The number of carbonyl (C=O) groups is 3. The number of carboxylic acid groups (broad SMARTS) is 1. The lowest BCUT2D eigenvalue weighted by Crippen LogP contribution is -2.42. The van der Waals surface area contributed by atoms with E-state index in [1.165, 1.54) is 0 Å². The van der Waals surface area contributed by atoms with E-state index in [1.807, 2.05) is 0 Å². The lowest BCUT2D eigenvalue weighted by Gasteiger charge is -2.23. The highest BCUT2D eigenvalue weighted by Crippen LogP contribution is 2.22. The van der Waals surface area contributed by atoms with E-state index >= 15 is 0 Å². The summed E-state index contributed by atoms with van der Waals surface area (Å²) in [7, 11) is 0. The summed E-state index contributed by atoms with van der Waals surface area (Å²) in [4.78, 5) is 34.8. The minimum absolute atomic E-state index is 0.180. The third kappa shape index (κ3) is 3.69. The number of aliphatic carboxylic acids is 1. The molecule has 0 bridgehead atoms. The second kappa shape index (κ2) is 6.55. The van der Waals surface area contributed by atoms with Crippen molar-refractivity contribution < 1.29 is 33.4 Å². The van der Waals surface area contributed by atoms with Gasteiger partial charge in [0.1, 0.15) is 12.6 Å². The quantitative estimate of drug-likeness (QED) is 0.707. The van der Waals surface area contributed by atoms with E-state index in [2.05, 4.69) is 0 Å². The Morgan fingerprint density at radius 1 is 1.32 bits per heavy atom. The number of Topliss-reactive ketones (excluding diaryl/α,β-unsaturated/α-hetero) is 1. The zero-order valence-corrected chi connectivity index (χ0v) is 10.1. The molecule has 8 heteroatoms. The molecule has 1 rings (SSSR count). The summed E-state index contributed by atoms with van der Waals surface area (Å²) in [5, 5.41) is 17.5. The number of carbonyl (C=O) groups excluding carboxylic acids is 2. The van der Waals surface area contributed by atoms with Gasteiger partial charge in [-0.05, 0) is 12.8 Å². The maximum atomic E-state index is 12.6. The summed E-state index contributed by atoms with van der Waals surface area (Å²) in [6.45, 7) is -0.885. The molecule has 1 saturated heterocycles. The maximum Gasteiger partial charge on any atom is 0.326 e. The van der Waals surface area contributed by atoms with Gasteiger partial charge in [0.15, 0.2) is 5.78 Å². The van der Waals surface area contributed by atoms with Crippen molar-refractivity contribution in [3.63, 3.8) is 0 Å². The van der Waals surface area contributed by atoms with Gasteiger partial charge in [0.25, 0.3) is 0 Å². The van der Waals surface area contributed by atoms with Gasteiger partial charge in [-0.15, -0.1) is 0 Å². The van der Waals surface area contributed by atoms with Crippen LogP contribution in [0.25, 0.3) is 0 Å². The molecule has 1 aliphatic rings. The van der Waals surface area contributed by atoms with Gasteiger partial charge in [-0.3, -0.25) is 9.59 Å². The van der Waals surface area contributed by atoms with Gasteiger partial charge in [-0.1, -0.05) is 0 Å². The number of hydrogen-bond donors (Lipinski definition) is 2. The van der Waals surface area contributed by atoms with Crippen molar-refractivity contribution in [1.82, 2.24) is 4.90 Å². The average molecular weight is 279 g/mol. The first-order chi connectivity index (χ1) is 8.88. The fourth-order valence-electron chi connectivity index (χ4n) is 2.09. The SMILES string of the molecule is O=C(CO)C(CC(=O)N1CCC[C@H]1C(=O)O)C(F)F. The van der Waals surface area contributed by atoms with Gasteiger partial charge in [-0.25, -0.2) is 13.6 Å². The zero-order chi connectivity index (χ0) is 14.6. The van der Waals surface area contributed by atoms with E-state index in [1.54, 1.807) is 0 Å². The predicted octanol–water partition coefficient (Wildman–Crippen LogP) is -0.105. The molecule has 19 heavy (non-hydrogen) atoms. The summed E-state index contributed by atoms with van der Waals surface area (Å²) < 4.78 is 25.2. The smallest absolute Gasteiger partial charge is 0.326 e. The van der Waals surface area contributed by atoms with Crippen LogP contribution in [-0.4, -0.2) is 58.4 Å². The van der Waals surface area contributed by atoms with E-state index in [4.69, 9.17) is 10.2 Å². The molecular formula is C11H15F2NO5. The number of aliphatic hydroxyl groups is 1. The summed E-state index contributed by atoms with van der Waals surface area (Å²) in [5.41, 5.74) is 0. The van der Waals surface area contributed by atoms with Crippen LogP contribution in [0.1, 0.15) is 19.3 Å². The second-order valence-corrected chi connectivity index (χ2v) is 4.35. The molecular weight excluding hydrogens is 264 g/mol. The third-order valence-electron chi connectivity index (χ3n) is 3.13. The number of halogens is 2. The number of alkyl halides is 2. The van der Waals surface area contributed by atoms with Crippen molar-refractivity contribution in [2.24, 2.45) is 5.92 Å². The Labute approximate surface area is 108 Å². The van der Waals surface area contributed by atoms with Crippen LogP contribution < -0.4 is 0 Å². The number of ketones is 1. The fraction of sp³-hybridized carbons (Fsp3) is 0.727. The van der Waals surface area contributed by atoms with Crippen LogP contribution >= 0.6 is 0 Å². The largest absolute Gasteiger partial charge is 0.480 e. The Kier molecular flexibility index (Phi) is 5.34. The predicted molar refractivity (Wildman–Crippen MR) is 58.6 cm³/mol. The minimum atomic E-state index is -3.06. The molecule has 1 unspecified atom stereocenters. The topological polar surface area (TPSA) is 94.9 Å². The van der Waals surface area contributed by atoms with Crippen LogP contribution in [0.4, 0.5) is 8.78 Å². The molecule has 0 saturated carbocycles. The third-order valence-corrected chi connectivity index (χ3v) is 3.13. The monoisotopic (exact) mass is 279 g/mol. The molecule has 2 atom stereocenters. The van der Waals surface area contributed by atoms with Gasteiger partial charge in [-0.2, -0.15) is 0 Å². The first-order valence-electron chi connectivity index (χ1n) is 5.82. The fourth-order valence-corrected chi connectivity index (χ4v) is 2.09. The van der Waals surface area contributed by atoms with Gasteiger partial charge in [0.05, 0.1) is 5.92 Å². The molecule has 0 aromatic heterocycles. The summed E-state index contributed by atoms with van der Waals surface area (Å²) in [5.74, 6) is -4.98. The van der Waals surface area contributed by atoms with E-state index < -0.39 is 49.1 Å². The van der Waals surface area contributed by atoms with Crippen molar-refractivity contribution in [2.75, 3.05) is 13.2 Å². The van der Waals surface area contributed by atoms with E-state index in [0.29, 0.717) is 6.42 Å². The molecule has 0 radical (unpaired) electrons. The molecule has 1 fully saturated rings. The highest BCUT2D eigenvalue weighted by atomic mass is 19.3. The van der Waals surface area contributed by atoms with Gasteiger partial charge in [0, 0.05) is 13.0 Å². The Bertz CT molecular complexity index is 374. The second-order valence-electron chi connectivity index (χ2n) is 4.35. The van der Waals surface area contributed by atoms with Crippen molar-refractivity contribution in [3.8, 4) is 0 Å². The number of aliphatic hydroxyl groups excluding tert-OH is 1. The van der Waals surface area contributed by atoms with Crippen LogP contribution in [0, 0.1) is 5.92 Å². The Morgan fingerprint density at radius 2 is 1.95 bits per heavy atom. The zero-order valence-electron chi connectivity index (χ0n) is 10.1. The molecule has 1 heterocycles. The number of amides is 1. The van der Waals surface area contributed by atoms with Crippen LogP contribution in [-0.2, 0) is 14.4 Å². The van der Waals surface area contributed by atoms with Crippen LogP contribution in [0.15, 0.2) is 0 Å². The van der Waals surface area contributed by atoms with Crippen molar-refractivity contribution >= 4 is 17.7 Å². The normalized spacial score (nSPS) is 20.6. The number of likely N-dealkylation sites (tertiary alicyclic amines) is 1. The first kappa shape index (κ1) is 15.5. The van der Waals surface area contributed by atoms with E-state index in [9.17, 15) is 23.2 Å². The van der Waals surface area contributed by atoms with Crippen molar-refractivity contribution in [2.45, 2.75) is 31.7 Å². The Balaban J connectivity index is 2.71. The molecule has 1 aliphatic heterocycles. The molecule has 2 N–H and O–H groups in total. The number of nitrogens with zero attached hydrogens (tertiary/aromatic N) is 1. The molecule has 1 amide bonds. The highest BCUT2D eigenvalue weighted by molar-refractivity contribution is 5.90. The van der Waals surface area contributed by atoms with Crippen molar-refractivity contribution in [3.05, 3.63) is 0 Å². The minimum Gasteiger partial charge on any atom is -0.480 e. The number of carboxylic acids is 1. The molecule has 6 nitrogen and oxygen atoms in total. The van der Waals surface area contributed by atoms with E-state index in [0.717, 1.165) is 4.90 Å². The summed E-state index contributed by atoms with van der Waals surface area (Å²) >= 11 is 0. The molecule has 0 spiro atoms. The van der Waals surface area contributed by atoms with E-state index in [-0.39, 0.29) is 13.0 Å².